The molecule has 4 heteroatoms. The second-order valence-corrected chi connectivity index (χ2v) is 5.11. The quantitative estimate of drug-likeness (QED) is 0.689. The molecule has 1 aromatic heterocycles. The van der Waals surface area contributed by atoms with E-state index in [0.29, 0.717) is 12.1 Å². The van der Waals surface area contributed by atoms with Gasteiger partial charge in [-0.1, -0.05) is 12.1 Å². The summed E-state index contributed by atoms with van der Waals surface area (Å²) in [5.74, 6) is 0. The predicted molar refractivity (Wildman–Crippen MR) is 77.0 cm³/mol. The van der Waals surface area contributed by atoms with Crippen LogP contribution in [0.15, 0.2) is 48.8 Å². The number of benzene rings is 1. The van der Waals surface area contributed by atoms with Crippen LogP contribution in [0.25, 0.3) is 0 Å². The first-order valence-electron chi connectivity index (χ1n) is 5.97. The molecule has 0 amide bonds. The van der Waals surface area contributed by atoms with Gasteiger partial charge in [0.05, 0.1) is 5.41 Å². The molecule has 19 heavy (non-hydrogen) atoms. The van der Waals surface area contributed by atoms with Crippen LogP contribution in [0.2, 0.25) is 0 Å². The van der Waals surface area contributed by atoms with Gasteiger partial charge < -0.3 is 5.73 Å². The zero-order chi connectivity index (χ0) is 13.9. The first kappa shape index (κ1) is 13.6. The van der Waals surface area contributed by atoms with E-state index in [1.54, 1.807) is 24.5 Å². The van der Waals surface area contributed by atoms with Gasteiger partial charge in [0.2, 0.25) is 5.24 Å². The van der Waals surface area contributed by atoms with Crippen LogP contribution in [0.4, 0.5) is 5.69 Å². The zero-order valence-corrected chi connectivity index (χ0v) is 11.4. The van der Waals surface area contributed by atoms with Crippen LogP contribution >= 0.6 is 11.6 Å². The Kier molecular flexibility index (Phi) is 3.86. The molecule has 0 aliphatic heterocycles. The molecule has 0 aliphatic carbocycles. The molecule has 0 radical (unpaired) electrons. The Morgan fingerprint density at radius 3 is 2.58 bits per heavy atom. The second-order valence-electron chi connectivity index (χ2n) is 4.76. The molecule has 2 aromatic rings. The number of pyridine rings is 1. The molecule has 2 rings (SSSR count). The normalized spacial score (nSPS) is 13.8. The fourth-order valence-electron chi connectivity index (χ4n) is 2.08. The largest absolute Gasteiger partial charge is 0.399 e. The van der Waals surface area contributed by atoms with Crippen molar-refractivity contribution in [2.75, 3.05) is 5.73 Å². The van der Waals surface area contributed by atoms with Crippen molar-refractivity contribution in [3.63, 3.8) is 0 Å². The van der Waals surface area contributed by atoms with Gasteiger partial charge in [0.15, 0.2) is 0 Å². The van der Waals surface area contributed by atoms with E-state index in [9.17, 15) is 4.79 Å². The second kappa shape index (κ2) is 5.41. The Morgan fingerprint density at radius 2 is 2.00 bits per heavy atom. The molecule has 3 nitrogen and oxygen atoms in total. The molecular formula is C15H15ClN2O. The van der Waals surface area contributed by atoms with Gasteiger partial charge in [-0.15, -0.1) is 0 Å². The highest BCUT2D eigenvalue weighted by Gasteiger charge is 2.34. The number of halogens is 1. The fourth-order valence-corrected chi connectivity index (χ4v) is 2.25. The first-order chi connectivity index (χ1) is 9.02. The number of hydrogen-bond donors (Lipinski definition) is 1. The minimum atomic E-state index is -0.793. The molecule has 0 fully saturated rings. The van der Waals surface area contributed by atoms with E-state index in [2.05, 4.69) is 4.98 Å². The summed E-state index contributed by atoms with van der Waals surface area (Å²) in [6.07, 6.45) is 3.92. The van der Waals surface area contributed by atoms with E-state index in [1.165, 1.54) is 0 Å². The number of nitrogens with two attached hydrogens (primary N) is 1. The van der Waals surface area contributed by atoms with Crippen molar-refractivity contribution < 1.29 is 4.79 Å². The number of rotatable bonds is 4. The average Bonchev–Trinajstić information content (AvgIpc) is 2.39. The molecule has 0 saturated carbocycles. The van der Waals surface area contributed by atoms with Crippen molar-refractivity contribution in [2.45, 2.75) is 18.8 Å². The molecule has 1 heterocycles. The Bertz CT molecular complexity index is 586. The van der Waals surface area contributed by atoms with Crippen molar-refractivity contribution in [2.24, 2.45) is 0 Å². The van der Waals surface area contributed by atoms with Gasteiger partial charge in [-0.05, 0) is 60.3 Å². The highest BCUT2D eigenvalue weighted by Crippen LogP contribution is 2.31. The van der Waals surface area contributed by atoms with Gasteiger partial charge in [0.25, 0.3) is 0 Å². The summed E-state index contributed by atoms with van der Waals surface area (Å²) in [6.45, 7) is 1.83. The van der Waals surface area contributed by atoms with Crippen molar-refractivity contribution in [3.8, 4) is 0 Å². The molecule has 98 valence electrons. The minimum Gasteiger partial charge on any atom is -0.399 e. The third-order valence-corrected chi connectivity index (χ3v) is 3.68. The Morgan fingerprint density at radius 1 is 1.32 bits per heavy atom. The summed E-state index contributed by atoms with van der Waals surface area (Å²) < 4.78 is 0. The predicted octanol–water partition coefficient (Wildman–Crippen LogP) is 2.93. The van der Waals surface area contributed by atoms with Crippen LogP contribution in [0.3, 0.4) is 0 Å². The third kappa shape index (κ3) is 2.93. The van der Waals surface area contributed by atoms with Gasteiger partial charge in [-0.3, -0.25) is 9.78 Å². The molecule has 0 bridgehead atoms. The topological polar surface area (TPSA) is 56.0 Å². The number of aromatic nitrogens is 1. The van der Waals surface area contributed by atoms with Crippen LogP contribution in [-0.2, 0) is 16.6 Å². The summed E-state index contributed by atoms with van der Waals surface area (Å²) in [4.78, 5) is 15.9. The number of anilines is 1. The van der Waals surface area contributed by atoms with Crippen molar-refractivity contribution >= 4 is 22.5 Å². The summed E-state index contributed by atoms with van der Waals surface area (Å²) in [7, 11) is 0. The highest BCUT2D eigenvalue weighted by atomic mass is 35.5. The van der Waals surface area contributed by atoms with Crippen LogP contribution in [-0.4, -0.2) is 10.2 Å². The fraction of sp³-hybridized carbons (Fsp3) is 0.200. The van der Waals surface area contributed by atoms with E-state index in [-0.39, 0.29) is 0 Å². The Balaban J connectivity index is 2.41. The van der Waals surface area contributed by atoms with E-state index in [1.807, 2.05) is 31.2 Å². The Labute approximate surface area is 117 Å². The minimum absolute atomic E-state index is 0.394. The maximum atomic E-state index is 11.9. The lowest BCUT2D eigenvalue weighted by molar-refractivity contribution is -0.116. The SMILES string of the molecule is CC(Cc1ccncc1)(C(=O)Cl)c1cccc(N)c1. The smallest absolute Gasteiger partial charge is 0.232 e. The summed E-state index contributed by atoms with van der Waals surface area (Å²) in [5, 5.41) is -0.394. The third-order valence-electron chi connectivity index (χ3n) is 3.26. The molecule has 1 aromatic carbocycles. The Hall–Kier alpha value is -1.87. The summed E-state index contributed by atoms with van der Waals surface area (Å²) in [6, 6.07) is 11.0. The number of nitrogen functional groups attached to an aromatic ring is 1. The lowest BCUT2D eigenvalue weighted by Gasteiger charge is -2.26. The number of carbonyl (C=O) groups is 1. The highest BCUT2D eigenvalue weighted by molar-refractivity contribution is 6.65. The van der Waals surface area contributed by atoms with Crippen molar-refractivity contribution in [1.29, 1.82) is 0 Å². The van der Waals surface area contributed by atoms with E-state index in [0.717, 1.165) is 11.1 Å². The maximum Gasteiger partial charge on any atom is 0.232 e. The number of nitrogens with zero attached hydrogens (tertiary/aromatic N) is 1. The van der Waals surface area contributed by atoms with Gasteiger partial charge in [0, 0.05) is 18.1 Å². The molecule has 2 N–H and O–H groups in total. The van der Waals surface area contributed by atoms with Crippen LogP contribution in [0.5, 0.6) is 0 Å². The lowest BCUT2D eigenvalue weighted by atomic mass is 9.78. The number of hydrogen-bond acceptors (Lipinski definition) is 3. The summed E-state index contributed by atoms with van der Waals surface area (Å²) >= 11 is 5.83. The molecule has 0 saturated heterocycles. The van der Waals surface area contributed by atoms with Crippen LogP contribution in [0, 0.1) is 0 Å². The van der Waals surface area contributed by atoms with Crippen molar-refractivity contribution in [1.82, 2.24) is 4.98 Å². The molecule has 1 unspecified atom stereocenters. The van der Waals surface area contributed by atoms with Gasteiger partial charge in [0.1, 0.15) is 0 Å². The van der Waals surface area contributed by atoms with Crippen LogP contribution < -0.4 is 5.73 Å². The van der Waals surface area contributed by atoms with E-state index < -0.39 is 10.7 Å². The molecular weight excluding hydrogens is 260 g/mol. The van der Waals surface area contributed by atoms with E-state index >= 15 is 0 Å². The van der Waals surface area contributed by atoms with Gasteiger partial charge >= 0.3 is 0 Å². The maximum absolute atomic E-state index is 11.9. The standard InChI is InChI=1S/C15H15ClN2O/c1-15(14(16)19,10-11-5-7-18-8-6-11)12-3-2-4-13(17)9-12/h2-9H,10,17H2,1H3. The first-order valence-corrected chi connectivity index (χ1v) is 6.35. The molecule has 0 spiro atoms. The van der Waals surface area contributed by atoms with Gasteiger partial charge in [-0.25, -0.2) is 0 Å². The molecule has 0 aliphatic rings. The zero-order valence-electron chi connectivity index (χ0n) is 10.6. The van der Waals surface area contributed by atoms with Gasteiger partial charge in [-0.2, -0.15) is 0 Å². The average molecular weight is 275 g/mol. The molecule has 1 atom stereocenters. The number of carbonyl (C=O) groups excluding carboxylic acids is 1. The monoisotopic (exact) mass is 274 g/mol. The van der Waals surface area contributed by atoms with Crippen LogP contribution in [0.1, 0.15) is 18.1 Å². The lowest BCUT2D eigenvalue weighted by Crippen LogP contribution is -2.32. The van der Waals surface area contributed by atoms with E-state index in [4.69, 9.17) is 17.3 Å². The summed E-state index contributed by atoms with van der Waals surface area (Å²) in [5.41, 5.74) is 7.44. The van der Waals surface area contributed by atoms with Crippen molar-refractivity contribution in [3.05, 3.63) is 59.9 Å².